The largest absolute Gasteiger partial charge is 0.309 e. The van der Waals surface area contributed by atoms with Crippen molar-refractivity contribution in [2.75, 3.05) is 20.6 Å². The fraction of sp³-hybridized carbons (Fsp3) is 0.455. The Bertz CT molecular complexity index is 337. The lowest BCUT2D eigenvalue weighted by Crippen LogP contribution is -2.13. The van der Waals surface area contributed by atoms with Gasteiger partial charge in [-0.3, -0.25) is 10.1 Å². The van der Waals surface area contributed by atoms with Gasteiger partial charge in [0.1, 0.15) is 0 Å². The molecule has 0 spiro atoms. The van der Waals surface area contributed by atoms with Gasteiger partial charge >= 0.3 is 0 Å². The molecule has 0 fully saturated rings. The SMILES string of the molecule is CN(C)CCCc1ccccc1[N+](=O)[O-]. The summed E-state index contributed by atoms with van der Waals surface area (Å²) in [7, 11) is 4.00. The Morgan fingerprint density at radius 2 is 2.00 bits per heavy atom. The highest BCUT2D eigenvalue weighted by Gasteiger charge is 2.11. The number of nitro benzene ring substituents is 1. The predicted octanol–water partition coefficient (Wildman–Crippen LogP) is 2.09. The maximum absolute atomic E-state index is 10.7. The zero-order chi connectivity index (χ0) is 11.3. The molecule has 0 aliphatic heterocycles. The van der Waals surface area contributed by atoms with Crippen LogP contribution in [0.3, 0.4) is 0 Å². The van der Waals surface area contributed by atoms with Gasteiger partial charge in [0.25, 0.3) is 5.69 Å². The third-order valence-corrected chi connectivity index (χ3v) is 2.24. The van der Waals surface area contributed by atoms with E-state index in [9.17, 15) is 10.1 Å². The summed E-state index contributed by atoms with van der Waals surface area (Å²) in [5.41, 5.74) is 1.06. The molecule has 1 aromatic carbocycles. The molecule has 0 aromatic heterocycles. The van der Waals surface area contributed by atoms with Crippen molar-refractivity contribution in [1.82, 2.24) is 4.90 Å². The molecule has 0 aliphatic carbocycles. The van der Waals surface area contributed by atoms with Gasteiger partial charge < -0.3 is 4.90 Å². The topological polar surface area (TPSA) is 46.4 Å². The van der Waals surface area contributed by atoms with Crippen LogP contribution in [0.2, 0.25) is 0 Å². The zero-order valence-corrected chi connectivity index (χ0v) is 9.14. The minimum absolute atomic E-state index is 0.233. The van der Waals surface area contributed by atoms with Crippen molar-refractivity contribution in [1.29, 1.82) is 0 Å². The van der Waals surface area contributed by atoms with E-state index in [2.05, 4.69) is 4.90 Å². The van der Waals surface area contributed by atoms with Gasteiger partial charge in [0, 0.05) is 11.6 Å². The highest BCUT2D eigenvalue weighted by Crippen LogP contribution is 2.18. The number of para-hydroxylation sites is 1. The van der Waals surface area contributed by atoms with Crippen molar-refractivity contribution in [3.05, 3.63) is 39.9 Å². The van der Waals surface area contributed by atoms with Gasteiger partial charge in [-0.2, -0.15) is 0 Å². The summed E-state index contributed by atoms with van der Waals surface area (Å²) in [5, 5.41) is 10.7. The molecular formula is C11H16N2O2. The van der Waals surface area contributed by atoms with Crippen LogP contribution >= 0.6 is 0 Å². The van der Waals surface area contributed by atoms with E-state index in [1.54, 1.807) is 12.1 Å². The third-order valence-electron chi connectivity index (χ3n) is 2.24. The number of hydrogen-bond donors (Lipinski definition) is 0. The molecule has 1 aromatic rings. The lowest BCUT2D eigenvalue weighted by Gasteiger charge is -2.08. The molecule has 0 amide bonds. The lowest BCUT2D eigenvalue weighted by atomic mass is 10.1. The minimum atomic E-state index is -0.314. The van der Waals surface area contributed by atoms with E-state index in [1.165, 1.54) is 0 Å². The van der Waals surface area contributed by atoms with Crippen LogP contribution in [0.15, 0.2) is 24.3 Å². The van der Waals surface area contributed by atoms with E-state index in [1.807, 2.05) is 26.2 Å². The second-order valence-corrected chi connectivity index (χ2v) is 3.79. The van der Waals surface area contributed by atoms with E-state index in [0.717, 1.165) is 24.9 Å². The molecular weight excluding hydrogens is 192 g/mol. The summed E-state index contributed by atoms with van der Waals surface area (Å²) in [6.07, 6.45) is 1.70. The Balaban J connectivity index is 2.63. The first kappa shape index (κ1) is 11.7. The Kier molecular flexibility index (Phi) is 4.24. The maximum atomic E-state index is 10.7. The number of nitro groups is 1. The fourth-order valence-electron chi connectivity index (χ4n) is 1.49. The van der Waals surface area contributed by atoms with Crippen LogP contribution in [0, 0.1) is 10.1 Å². The summed E-state index contributed by atoms with van der Waals surface area (Å²) in [6.45, 7) is 0.950. The number of rotatable bonds is 5. The molecule has 0 saturated heterocycles. The first-order valence-electron chi connectivity index (χ1n) is 4.98. The average molecular weight is 208 g/mol. The molecule has 0 unspecified atom stereocenters. The summed E-state index contributed by atoms with van der Waals surface area (Å²) in [4.78, 5) is 12.5. The van der Waals surface area contributed by atoms with Crippen LogP contribution in [0.4, 0.5) is 5.69 Å². The molecule has 0 aliphatic rings. The molecule has 0 radical (unpaired) electrons. The van der Waals surface area contributed by atoms with Gasteiger partial charge in [-0.05, 0) is 33.5 Å². The molecule has 1 rings (SSSR count). The molecule has 4 heteroatoms. The van der Waals surface area contributed by atoms with Gasteiger partial charge in [-0.15, -0.1) is 0 Å². The quantitative estimate of drug-likeness (QED) is 0.550. The Labute approximate surface area is 89.7 Å². The standard InChI is InChI=1S/C11H16N2O2/c1-12(2)9-5-7-10-6-3-4-8-11(10)13(14)15/h3-4,6,8H,5,7,9H2,1-2H3. The van der Waals surface area contributed by atoms with Crippen LogP contribution in [-0.2, 0) is 6.42 Å². The monoisotopic (exact) mass is 208 g/mol. The van der Waals surface area contributed by atoms with Crippen molar-refractivity contribution in [2.45, 2.75) is 12.8 Å². The Morgan fingerprint density at radius 1 is 1.33 bits per heavy atom. The first-order valence-corrected chi connectivity index (χ1v) is 4.98. The van der Waals surface area contributed by atoms with Crippen molar-refractivity contribution < 1.29 is 4.92 Å². The third kappa shape index (κ3) is 3.67. The highest BCUT2D eigenvalue weighted by molar-refractivity contribution is 5.39. The molecule has 0 bridgehead atoms. The van der Waals surface area contributed by atoms with Crippen LogP contribution in [0.1, 0.15) is 12.0 Å². The zero-order valence-electron chi connectivity index (χ0n) is 9.14. The van der Waals surface area contributed by atoms with E-state index < -0.39 is 0 Å². The van der Waals surface area contributed by atoms with Gasteiger partial charge in [0.15, 0.2) is 0 Å². The van der Waals surface area contributed by atoms with E-state index >= 15 is 0 Å². The highest BCUT2D eigenvalue weighted by atomic mass is 16.6. The molecule has 15 heavy (non-hydrogen) atoms. The Hall–Kier alpha value is -1.42. The molecule has 4 nitrogen and oxygen atoms in total. The number of aryl methyl sites for hydroxylation is 1. The summed E-state index contributed by atoms with van der Waals surface area (Å²) >= 11 is 0. The van der Waals surface area contributed by atoms with Gasteiger partial charge in [-0.1, -0.05) is 18.2 Å². The van der Waals surface area contributed by atoms with Gasteiger partial charge in [-0.25, -0.2) is 0 Å². The van der Waals surface area contributed by atoms with E-state index in [0.29, 0.717) is 0 Å². The fourth-order valence-corrected chi connectivity index (χ4v) is 1.49. The lowest BCUT2D eigenvalue weighted by molar-refractivity contribution is -0.385. The molecule has 0 atom stereocenters. The van der Waals surface area contributed by atoms with Crippen LogP contribution in [0.25, 0.3) is 0 Å². The average Bonchev–Trinajstić information content (AvgIpc) is 2.17. The van der Waals surface area contributed by atoms with Crippen molar-refractivity contribution in [3.63, 3.8) is 0 Å². The number of benzene rings is 1. The van der Waals surface area contributed by atoms with Crippen molar-refractivity contribution >= 4 is 5.69 Å². The van der Waals surface area contributed by atoms with Crippen LogP contribution in [-0.4, -0.2) is 30.5 Å². The first-order chi connectivity index (χ1) is 7.11. The predicted molar refractivity (Wildman–Crippen MR) is 60.0 cm³/mol. The normalized spacial score (nSPS) is 10.6. The van der Waals surface area contributed by atoms with Gasteiger partial charge in [0.2, 0.25) is 0 Å². The molecule has 82 valence electrons. The summed E-state index contributed by atoms with van der Waals surface area (Å²) < 4.78 is 0. The second kappa shape index (κ2) is 5.46. The van der Waals surface area contributed by atoms with E-state index in [4.69, 9.17) is 0 Å². The molecule has 0 saturated carbocycles. The van der Waals surface area contributed by atoms with Crippen LogP contribution in [0.5, 0.6) is 0 Å². The smallest absolute Gasteiger partial charge is 0.272 e. The summed E-state index contributed by atoms with van der Waals surface area (Å²) in [5.74, 6) is 0. The van der Waals surface area contributed by atoms with Crippen molar-refractivity contribution in [2.24, 2.45) is 0 Å². The second-order valence-electron chi connectivity index (χ2n) is 3.79. The number of hydrogen-bond acceptors (Lipinski definition) is 3. The number of nitrogens with zero attached hydrogens (tertiary/aromatic N) is 2. The van der Waals surface area contributed by atoms with Crippen molar-refractivity contribution in [3.8, 4) is 0 Å². The van der Waals surface area contributed by atoms with Crippen LogP contribution < -0.4 is 0 Å². The van der Waals surface area contributed by atoms with E-state index in [-0.39, 0.29) is 10.6 Å². The minimum Gasteiger partial charge on any atom is -0.309 e. The molecule has 0 N–H and O–H groups in total. The Morgan fingerprint density at radius 3 is 2.60 bits per heavy atom. The maximum Gasteiger partial charge on any atom is 0.272 e. The molecule has 0 heterocycles. The summed E-state index contributed by atoms with van der Waals surface area (Å²) in [6, 6.07) is 6.93. The van der Waals surface area contributed by atoms with Gasteiger partial charge in [0.05, 0.1) is 4.92 Å².